The number of thiazole rings is 1. The van der Waals surface area contributed by atoms with Gasteiger partial charge in [0, 0.05) is 42.8 Å². The molecule has 0 aliphatic carbocycles. The number of fused-ring (bicyclic) bond motifs is 1. The molecule has 0 spiro atoms. The molecule has 3 aromatic rings. The fourth-order valence-electron chi connectivity index (χ4n) is 3.55. The minimum absolute atomic E-state index is 0.0864. The summed E-state index contributed by atoms with van der Waals surface area (Å²) in [5.41, 5.74) is 3.36. The number of anilines is 1. The Balaban J connectivity index is 1.42. The molecule has 1 N–H and O–H groups in total. The fourth-order valence-corrected chi connectivity index (χ4v) is 5.38. The molecule has 0 radical (unpaired) electrons. The number of aromatic nitrogens is 1. The SMILES string of the molecule is CS(=O)(=O)Cc1cccc(C(=O)Nc2nc3c(s2)CN(Cc2ccccc2)CC3)c1. The third-order valence-electron chi connectivity index (χ3n) is 4.90. The zero-order valence-corrected chi connectivity index (χ0v) is 18.3. The zero-order valence-electron chi connectivity index (χ0n) is 16.7. The van der Waals surface area contributed by atoms with Gasteiger partial charge in [-0.1, -0.05) is 42.5 Å². The van der Waals surface area contributed by atoms with E-state index in [0.29, 0.717) is 16.3 Å². The molecule has 0 fully saturated rings. The highest BCUT2D eigenvalue weighted by molar-refractivity contribution is 7.89. The number of nitrogens with one attached hydrogen (secondary N) is 1. The lowest BCUT2D eigenvalue weighted by molar-refractivity contribution is 0.102. The summed E-state index contributed by atoms with van der Waals surface area (Å²) < 4.78 is 23.0. The van der Waals surface area contributed by atoms with E-state index in [2.05, 4.69) is 39.5 Å². The van der Waals surface area contributed by atoms with Crippen molar-refractivity contribution in [1.29, 1.82) is 0 Å². The second-order valence-corrected chi connectivity index (χ2v) is 10.8. The molecule has 0 saturated heterocycles. The Morgan fingerprint density at radius 1 is 1.13 bits per heavy atom. The van der Waals surface area contributed by atoms with Gasteiger partial charge in [0.2, 0.25) is 0 Å². The van der Waals surface area contributed by atoms with Crippen molar-refractivity contribution in [3.8, 4) is 0 Å². The van der Waals surface area contributed by atoms with Crippen LogP contribution in [-0.2, 0) is 35.1 Å². The maximum Gasteiger partial charge on any atom is 0.257 e. The van der Waals surface area contributed by atoms with Crippen LogP contribution in [-0.4, -0.2) is 37.0 Å². The van der Waals surface area contributed by atoms with E-state index in [1.165, 1.54) is 28.0 Å². The summed E-state index contributed by atoms with van der Waals surface area (Å²) in [6.45, 7) is 2.65. The highest BCUT2D eigenvalue weighted by Gasteiger charge is 2.22. The first-order valence-electron chi connectivity index (χ1n) is 9.68. The van der Waals surface area contributed by atoms with E-state index < -0.39 is 9.84 Å². The Morgan fingerprint density at radius 3 is 2.67 bits per heavy atom. The summed E-state index contributed by atoms with van der Waals surface area (Å²) in [4.78, 5) is 20.8. The maximum absolute atomic E-state index is 12.6. The minimum atomic E-state index is -3.16. The molecule has 4 rings (SSSR count). The molecule has 1 aliphatic heterocycles. The van der Waals surface area contributed by atoms with Crippen LogP contribution in [0.1, 0.15) is 32.1 Å². The van der Waals surface area contributed by atoms with Gasteiger partial charge >= 0.3 is 0 Å². The summed E-state index contributed by atoms with van der Waals surface area (Å²) >= 11 is 1.51. The van der Waals surface area contributed by atoms with Crippen molar-refractivity contribution in [2.24, 2.45) is 0 Å². The van der Waals surface area contributed by atoms with Gasteiger partial charge in [0.1, 0.15) is 0 Å². The van der Waals surface area contributed by atoms with Gasteiger partial charge in [0.25, 0.3) is 5.91 Å². The number of carbonyl (C=O) groups excluding carboxylic acids is 1. The molecule has 6 nitrogen and oxygen atoms in total. The number of hydrogen-bond acceptors (Lipinski definition) is 6. The first-order chi connectivity index (χ1) is 14.4. The second kappa shape index (κ2) is 8.67. The molecule has 0 saturated carbocycles. The Labute approximate surface area is 180 Å². The highest BCUT2D eigenvalue weighted by atomic mass is 32.2. The molecular formula is C22H23N3O3S2. The van der Waals surface area contributed by atoms with E-state index in [-0.39, 0.29) is 11.7 Å². The molecule has 1 aliphatic rings. The molecule has 156 valence electrons. The van der Waals surface area contributed by atoms with Crippen LogP contribution in [0.25, 0.3) is 0 Å². The van der Waals surface area contributed by atoms with Gasteiger partial charge in [-0.2, -0.15) is 0 Å². The predicted octanol–water partition coefficient (Wildman–Crippen LogP) is 3.50. The summed E-state index contributed by atoms with van der Waals surface area (Å²) in [6, 6.07) is 17.1. The predicted molar refractivity (Wildman–Crippen MR) is 119 cm³/mol. The van der Waals surface area contributed by atoms with Crippen LogP contribution in [0, 0.1) is 0 Å². The van der Waals surface area contributed by atoms with E-state index in [4.69, 9.17) is 0 Å². The molecule has 0 atom stereocenters. The van der Waals surface area contributed by atoms with E-state index in [1.54, 1.807) is 24.3 Å². The second-order valence-electron chi connectivity index (χ2n) is 7.56. The van der Waals surface area contributed by atoms with Crippen LogP contribution in [0.3, 0.4) is 0 Å². The molecular weight excluding hydrogens is 418 g/mol. The van der Waals surface area contributed by atoms with Crippen LogP contribution in [0.5, 0.6) is 0 Å². The number of sulfone groups is 1. The van der Waals surface area contributed by atoms with Gasteiger partial charge in [-0.15, -0.1) is 11.3 Å². The van der Waals surface area contributed by atoms with Crippen molar-refractivity contribution >= 4 is 32.2 Å². The smallest absolute Gasteiger partial charge is 0.257 e. The van der Waals surface area contributed by atoms with Gasteiger partial charge in [-0.05, 0) is 23.3 Å². The Morgan fingerprint density at radius 2 is 1.90 bits per heavy atom. The Hall–Kier alpha value is -2.55. The van der Waals surface area contributed by atoms with Gasteiger partial charge in [0.05, 0.1) is 11.4 Å². The molecule has 0 bridgehead atoms. The summed E-state index contributed by atoms with van der Waals surface area (Å²) in [5, 5.41) is 3.45. The molecule has 1 amide bonds. The lowest BCUT2D eigenvalue weighted by Crippen LogP contribution is -2.29. The van der Waals surface area contributed by atoms with Crippen LogP contribution in [0.2, 0.25) is 0 Å². The summed E-state index contributed by atoms with van der Waals surface area (Å²) in [7, 11) is -3.16. The van der Waals surface area contributed by atoms with Gasteiger partial charge in [-0.25, -0.2) is 13.4 Å². The van der Waals surface area contributed by atoms with E-state index in [0.717, 1.165) is 31.7 Å². The zero-order chi connectivity index (χ0) is 21.1. The number of amides is 1. The van der Waals surface area contributed by atoms with Crippen LogP contribution in [0.15, 0.2) is 54.6 Å². The number of benzene rings is 2. The largest absolute Gasteiger partial charge is 0.298 e. The summed E-state index contributed by atoms with van der Waals surface area (Å²) in [5.74, 6) is -0.366. The molecule has 2 heterocycles. The van der Waals surface area contributed by atoms with Crippen molar-refractivity contribution in [3.63, 3.8) is 0 Å². The Bertz CT molecular complexity index is 1160. The summed E-state index contributed by atoms with van der Waals surface area (Å²) in [6.07, 6.45) is 2.04. The van der Waals surface area contributed by atoms with Crippen LogP contribution < -0.4 is 5.32 Å². The van der Waals surface area contributed by atoms with E-state index in [1.807, 2.05) is 6.07 Å². The third kappa shape index (κ3) is 5.33. The van der Waals surface area contributed by atoms with Crippen LogP contribution in [0.4, 0.5) is 5.13 Å². The van der Waals surface area contributed by atoms with Crippen molar-refractivity contribution in [2.45, 2.75) is 25.3 Å². The quantitative estimate of drug-likeness (QED) is 0.633. The molecule has 1 aromatic heterocycles. The van der Waals surface area contributed by atoms with Crippen LogP contribution >= 0.6 is 11.3 Å². The third-order valence-corrected chi connectivity index (χ3v) is 6.75. The van der Waals surface area contributed by atoms with Crippen molar-refractivity contribution < 1.29 is 13.2 Å². The highest BCUT2D eigenvalue weighted by Crippen LogP contribution is 2.29. The van der Waals surface area contributed by atoms with E-state index in [9.17, 15) is 13.2 Å². The molecule has 0 unspecified atom stereocenters. The van der Waals surface area contributed by atoms with Gasteiger partial charge in [-0.3, -0.25) is 15.0 Å². The van der Waals surface area contributed by atoms with Crippen molar-refractivity contribution in [2.75, 3.05) is 18.1 Å². The lowest BCUT2D eigenvalue weighted by atomic mass is 10.1. The first-order valence-corrected chi connectivity index (χ1v) is 12.6. The molecule has 8 heteroatoms. The number of rotatable bonds is 6. The van der Waals surface area contributed by atoms with Gasteiger partial charge in [0.15, 0.2) is 15.0 Å². The first kappa shape index (κ1) is 20.7. The average molecular weight is 442 g/mol. The average Bonchev–Trinajstić information content (AvgIpc) is 3.09. The molecule has 30 heavy (non-hydrogen) atoms. The maximum atomic E-state index is 12.6. The monoisotopic (exact) mass is 441 g/mol. The standard InChI is InChI=1S/C22H23N3O3S2/c1-30(27,28)15-17-8-5-9-18(12-17)21(26)24-22-23-19-10-11-25(14-20(19)29-22)13-16-6-3-2-4-7-16/h2-9,12H,10-11,13-15H2,1H3,(H,23,24,26). The van der Waals surface area contributed by atoms with E-state index >= 15 is 0 Å². The topological polar surface area (TPSA) is 79.4 Å². The lowest BCUT2D eigenvalue weighted by Gasteiger charge is -2.25. The number of carbonyl (C=O) groups is 1. The fraction of sp³-hybridized carbons (Fsp3) is 0.273. The normalized spacial score (nSPS) is 14.3. The number of nitrogens with zero attached hydrogens (tertiary/aromatic N) is 2. The Kier molecular flexibility index (Phi) is 5.99. The van der Waals surface area contributed by atoms with Crippen molar-refractivity contribution in [3.05, 3.63) is 81.9 Å². The van der Waals surface area contributed by atoms with Gasteiger partial charge < -0.3 is 0 Å². The number of hydrogen-bond donors (Lipinski definition) is 1. The minimum Gasteiger partial charge on any atom is -0.298 e. The van der Waals surface area contributed by atoms with Crippen molar-refractivity contribution in [1.82, 2.24) is 9.88 Å². The molecule has 2 aromatic carbocycles.